The number of fused-ring (bicyclic) bond motifs is 1. The third-order valence-electron chi connectivity index (χ3n) is 3.27. The Kier molecular flexibility index (Phi) is 3.74. The van der Waals surface area contributed by atoms with E-state index in [9.17, 15) is 0 Å². The van der Waals surface area contributed by atoms with Crippen LogP contribution in [-0.2, 0) is 6.42 Å². The average molecular weight is 308 g/mol. The van der Waals surface area contributed by atoms with Gasteiger partial charge in [0.1, 0.15) is 11.8 Å². The maximum atomic E-state index is 6.17. The van der Waals surface area contributed by atoms with Gasteiger partial charge in [-0.1, -0.05) is 35.1 Å². The number of para-hydroxylation sites is 1. The molecule has 0 saturated heterocycles. The highest BCUT2D eigenvalue weighted by molar-refractivity contribution is 7.05. The van der Waals surface area contributed by atoms with Crippen LogP contribution in [0.3, 0.4) is 0 Å². The van der Waals surface area contributed by atoms with Crippen molar-refractivity contribution in [3.05, 3.63) is 45.6 Å². The Morgan fingerprint density at radius 1 is 1.45 bits per heavy atom. The van der Waals surface area contributed by atoms with Crippen molar-refractivity contribution in [3.63, 3.8) is 0 Å². The van der Waals surface area contributed by atoms with E-state index in [2.05, 4.69) is 21.8 Å². The zero-order valence-electron chi connectivity index (χ0n) is 11.2. The molecule has 0 aliphatic heterocycles. The number of hydrogen-bond acceptors (Lipinski definition) is 5. The van der Waals surface area contributed by atoms with E-state index in [1.807, 2.05) is 31.3 Å². The monoisotopic (exact) mass is 307 g/mol. The number of aromatic nitrogens is 2. The molecule has 20 heavy (non-hydrogen) atoms. The van der Waals surface area contributed by atoms with Crippen molar-refractivity contribution in [2.75, 3.05) is 7.05 Å². The second kappa shape index (κ2) is 5.52. The van der Waals surface area contributed by atoms with Crippen LogP contribution in [0.25, 0.3) is 11.0 Å². The molecule has 0 aliphatic rings. The first-order valence-electron chi connectivity index (χ1n) is 6.41. The van der Waals surface area contributed by atoms with Crippen molar-refractivity contribution in [3.8, 4) is 0 Å². The van der Waals surface area contributed by atoms with E-state index in [-0.39, 0.29) is 6.04 Å². The number of furan rings is 1. The van der Waals surface area contributed by atoms with Crippen LogP contribution in [0.2, 0.25) is 5.02 Å². The van der Waals surface area contributed by atoms with E-state index in [4.69, 9.17) is 16.0 Å². The number of halogens is 1. The highest BCUT2D eigenvalue weighted by atomic mass is 35.5. The fourth-order valence-corrected chi connectivity index (χ4v) is 3.35. The number of aryl methyl sites for hydroxylation is 1. The van der Waals surface area contributed by atoms with E-state index >= 15 is 0 Å². The molecule has 0 amide bonds. The molecule has 1 unspecified atom stereocenters. The number of hydrogen-bond donors (Lipinski definition) is 1. The molecule has 0 bridgehead atoms. The van der Waals surface area contributed by atoms with Gasteiger partial charge in [-0.15, -0.1) is 5.10 Å². The molecule has 4 nitrogen and oxygen atoms in total. The maximum Gasteiger partial charge on any atom is 0.152 e. The molecule has 104 valence electrons. The lowest BCUT2D eigenvalue weighted by Crippen LogP contribution is -2.17. The third-order valence-corrected chi connectivity index (χ3v) is 4.40. The van der Waals surface area contributed by atoms with Crippen LogP contribution >= 0.6 is 23.1 Å². The van der Waals surface area contributed by atoms with Gasteiger partial charge >= 0.3 is 0 Å². The minimum absolute atomic E-state index is 0.0478. The second-order valence-electron chi connectivity index (χ2n) is 4.47. The van der Waals surface area contributed by atoms with Gasteiger partial charge in [-0.2, -0.15) is 0 Å². The quantitative estimate of drug-likeness (QED) is 0.796. The lowest BCUT2D eigenvalue weighted by molar-refractivity contribution is 0.493. The predicted octanol–water partition coefficient (Wildman–Crippen LogP) is 3.81. The van der Waals surface area contributed by atoms with E-state index in [1.54, 1.807) is 0 Å². The minimum Gasteiger partial charge on any atom is -0.457 e. The molecule has 0 saturated carbocycles. The summed E-state index contributed by atoms with van der Waals surface area (Å²) < 4.78 is 9.97. The van der Waals surface area contributed by atoms with Gasteiger partial charge in [-0.25, -0.2) is 0 Å². The highest BCUT2D eigenvalue weighted by Gasteiger charge is 2.22. The van der Waals surface area contributed by atoms with Crippen LogP contribution in [0, 0.1) is 0 Å². The molecule has 6 heteroatoms. The molecule has 3 rings (SSSR count). The second-order valence-corrected chi connectivity index (χ2v) is 5.66. The molecule has 0 spiro atoms. The summed E-state index contributed by atoms with van der Waals surface area (Å²) in [6, 6.07) is 7.71. The number of rotatable bonds is 4. The van der Waals surface area contributed by atoms with Crippen LogP contribution in [0.15, 0.2) is 28.7 Å². The van der Waals surface area contributed by atoms with E-state index in [1.165, 1.54) is 11.5 Å². The van der Waals surface area contributed by atoms with Crippen molar-refractivity contribution in [1.82, 2.24) is 14.9 Å². The third kappa shape index (κ3) is 2.22. The Balaban J connectivity index is 2.10. The number of nitrogens with one attached hydrogen (secondary N) is 1. The summed E-state index contributed by atoms with van der Waals surface area (Å²) in [5.41, 5.74) is 1.72. The fraction of sp³-hybridized carbons (Fsp3) is 0.286. The van der Waals surface area contributed by atoms with Crippen molar-refractivity contribution < 1.29 is 4.42 Å². The smallest absolute Gasteiger partial charge is 0.152 e. The topological polar surface area (TPSA) is 51.0 Å². The Morgan fingerprint density at radius 3 is 3.00 bits per heavy atom. The summed E-state index contributed by atoms with van der Waals surface area (Å²) in [5, 5.41) is 9.06. The first-order valence-corrected chi connectivity index (χ1v) is 7.56. The van der Waals surface area contributed by atoms with E-state index in [0.717, 1.165) is 33.7 Å². The Hall–Kier alpha value is -1.43. The first kappa shape index (κ1) is 13.5. The van der Waals surface area contributed by atoms with Crippen LogP contribution in [0.1, 0.15) is 29.3 Å². The van der Waals surface area contributed by atoms with Gasteiger partial charge in [0.25, 0.3) is 0 Å². The molecule has 1 N–H and O–H groups in total. The first-order chi connectivity index (χ1) is 9.74. The molecular weight excluding hydrogens is 294 g/mol. The molecule has 0 aliphatic carbocycles. The van der Waals surface area contributed by atoms with Crippen molar-refractivity contribution >= 4 is 34.1 Å². The zero-order chi connectivity index (χ0) is 14.1. The molecule has 1 atom stereocenters. The lowest BCUT2D eigenvalue weighted by Gasteiger charge is -2.11. The number of nitrogens with zero attached hydrogens (tertiary/aromatic N) is 2. The SMILES string of the molecule is CCc1nnsc1C(NC)c1cc2cccc(Cl)c2o1. The van der Waals surface area contributed by atoms with Gasteiger partial charge in [0.05, 0.1) is 15.6 Å². The summed E-state index contributed by atoms with van der Waals surface area (Å²) in [6.07, 6.45) is 0.852. The predicted molar refractivity (Wildman–Crippen MR) is 81.4 cm³/mol. The summed E-state index contributed by atoms with van der Waals surface area (Å²) >= 11 is 7.56. The molecule has 1 aromatic carbocycles. The lowest BCUT2D eigenvalue weighted by atomic mass is 10.1. The fourth-order valence-electron chi connectivity index (χ4n) is 2.27. The summed E-state index contributed by atoms with van der Waals surface area (Å²) in [6.45, 7) is 2.07. The molecule has 2 heterocycles. The van der Waals surface area contributed by atoms with Crippen molar-refractivity contribution in [1.29, 1.82) is 0 Å². The largest absolute Gasteiger partial charge is 0.457 e. The Morgan fingerprint density at radius 2 is 2.30 bits per heavy atom. The molecule has 3 aromatic rings. The van der Waals surface area contributed by atoms with Gasteiger partial charge in [-0.3, -0.25) is 0 Å². The van der Waals surface area contributed by atoms with Gasteiger partial charge in [0.15, 0.2) is 5.58 Å². The summed E-state index contributed by atoms with van der Waals surface area (Å²) in [7, 11) is 1.90. The van der Waals surface area contributed by atoms with Crippen molar-refractivity contribution in [2.45, 2.75) is 19.4 Å². The van der Waals surface area contributed by atoms with E-state index < -0.39 is 0 Å². The van der Waals surface area contributed by atoms with Crippen LogP contribution < -0.4 is 5.32 Å². The number of benzene rings is 1. The molecule has 2 aromatic heterocycles. The van der Waals surface area contributed by atoms with Gasteiger partial charge in [-0.05, 0) is 37.1 Å². The summed E-state index contributed by atoms with van der Waals surface area (Å²) in [4.78, 5) is 1.09. The zero-order valence-corrected chi connectivity index (χ0v) is 12.8. The molecule has 0 fully saturated rings. The van der Waals surface area contributed by atoms with Crippen LogP contribution in [0.5, 0.6) is 0 Å². The molecule has 0 radical (unpaired) electrons. The van der Waals surface area contributed by atoms with Gasteiger partial charge < -0.3 is 9.73 Å². The Bertz CT molecular complexity index is 737. The Labute approximate surface area is 125 Å². The summed E-state index contributed by atoms with van der Waals surface area (Å²) in [5.74, 6) is 0.830. The average Bonchev–Trinajstić information content (AvgIpc) is 3.07. The van der Waals surface area contributed by atoms with Gasteiger partial charge in [0, 0.05) is 5.39 Å². The van der Waals surface area contributed by atoms with E-state index in [0.29, 0.717) is 5.02 Å². The van der Waals surface area contributed by atoms with Gasteiger partial charge in [0.2, 0.25) is 0 Å². The molecular formula is C14H14ClN3OS. The maximum absolute atomic E-state index is 6.17. The normalized spacial score (nSPS) is 12.9. The van der Waals surface area contributed by atoms with Crippen LogP contribution in [0.4, 0.5) is 0 Å². The highest BCUT2D eigenvalue weighted by Crippen LogP contribution is 2.33. The standard InChI is InChI=1S/C14H14ClN3OS/c1-3-10-14(20-18-17-10)12(16-2)11-7-8-5-4-6-9(15)13(8)19-11/h4-7,12,16H,3H2,1-2H3. The van der Waals surface area contributed by atoms with Crippen molar-refractivity contribution in [2.24, 2.45) is 0 Å². The minimum atomic E-state index is -0.0478. The van der Waals surface area contributed by atoms with Crippen LogP contribution in [-0.4, -0.2) is 16.6 Å².